The minimum Gasteiger partial charge on any atom is -0.399 e. The van der Waals surface area contributed by atoms with Crippen molar-refractivity contribution in [3.05, 3.63) is 23.8 Å². The molecule has 0 spiro atoms. The molecule has 0 fully saturated rings. The molecule has 1 atom stereocenters. The summed E-state index contributed by atoms with van der Waals surface area (Å²) in [6, 6.07) is 5.14. The van der Waals surface area contributed by atoms with E-state index in [9.17, 15) is 4.79 Å². The number of nitrogens with one attached hydrogen (secondary N) is 1. The zero-order valence-electron chi connectivity index (χ0n) is 9.36. The third kappa shape index (κ3) is 3.15. The Morgan fingerprint density at radius 2 is 2.31 bits per heavy atom. The van der Waals surface area contributed by atoms with Crippen molar-refractivity contribution in [1.29, 1.82) is 0 Å². The van der Waals surface area contributed by atoms with Crippen LogP contribution in [0.5, 0.6) is 0 Å². The maximum atomic E-state index is 11.6. The number of anilines is 1. The molecule has 1 rings (SSSR count). The second-order valence-corrected chi connectivity index (χ2v) is 4.93. The summed E-state index contributed by atoms with van der Waals surface area (Å²) >= 11 is 1.44. The molecule has 1 aromatic rings. The number of carbonyl (C=O) groups is 1. The van der Waals surface area contributed by atoms with E-state index >= 15 is 0 Å². The highest BCUT2D eigenvalue weighted by molar-refractivity contribution is 8.00. The molecule has 5 heteroatoms. The number of hydrogen-bond donors (Lipinski definition) is 3. The summed E-state index contributed by atoms with van der Waals surface area (Å²) < 4.78 is 0. The highest BCUT2D eigenvalue weighted by atomic mass is 32.2. The topological polar surface area (TPSA) is 75.4 Å². The van der Waals surface area contributed by atoms with Gasteiger partial charge in [-0.3, -0.25) is 4.79 Å². The minimum atomic E-state index is -0.146. The van der Waals surface area contributed by atoms with Crippen molar-refractivity contribution in [2.75, 3.05) is 19.4 Å². The van der Waals surface area contributed by atoms with Crippen LogP contribution < -0.4 is 11.1 Å². The van der Waals surface area contributed by atoms with Crippen LogP contribution >= 0.6 is 11.8 Å². The lowest BCUT2D eigenvalue weighted by Crippen LogP contribution is -2.19. The van der Waals surface area contributed by atoms with Crippen molar-refractivity contribution in [2.24, 2.45) is 0 Å². The summed E-state index contributed by atoms with van der Waals surface area (Å²) in [7, 11) is 1.59. The predicted octanol–water partition coefficient (Wildman–Crippen LogP) is 1.10. The molecule has 0 heterocycles. The molecule has 0 saturated heterocycles. The molecule has 0 bridgehead atoms. The molecule has 4 nitrogen and oxygen atoms in total. The normalized spacial score (nSPS) is 12.2. The van der Waals surface area contributed by atoms with Gasteiger partial charge < -0.3 is 16.2 Å². The van der Waals surface area contributed by atoms with Crippen LogP contribution in [0.3, 0.4) is 0 Å². The minimum absolute atomic E-state index is 0.0326. The zero-order chi connectivity index (χ0) is 12.1. The number of amides is 1. The van der Waals surface area contributed by atoms with Gasteiger partial charge in [-0.25, -0.2) is 0 Å². The van der Waals surface area contributed by atoms with Gasteiger partial charge in [0.2, 0.25) is 0 Å². The van der Waals surface area contributed by atoms with Crippen LogP contribution in [0.15, 0.2) is 23.1 Å². The number of hydrogen-bond acceptors (Lipinski definition) is 4. The molecule has 4 N–H and O–H groups in total. The largest absolute Gasteiger partial charge is 0.399 e. The summed E-state index contributed by atoms with van der Waals surface area (Å²) in [4.78, 5) is 12.4. The SMILES string of the molecule is CNC(=O)c1ccc(N)cc1SC(C)CO. The van der Waals surface area contributed by atoms with E-state index in [0.29, 0.717) is 11.3 Å². The van der Waals surface area contributed by atoms with Crippen molar-refractivity contribution < 1.29 is 9.90 Å². The van der Waals surface area contributed by atoms with Gasteiger partial charge in [-0.05, 0) is 18.2 Å². The Morgan fingerprint density at radius 1 is 1.62 bits per heavy atom. The molecule has 0 saturated carbocycles. The number of rotatable bonds is 4. The molecule has 0 aliphatic carbocycles. The van der Waals surface area contributed by atoms with Gasteiger partial charge in [0, 0.05) is 22.9 Å². The number of carbonyl (C=O) groups excluding carboxylic acids is 1. The fourth-order valence-electron chi connectivity index (χ4n) is 1.21. The molecule has 0 aromatic heterocycles. The van der Waals surface area contributed by atoms with Crippen LogP contribution in [0.2, 0.25) is 0 Å². The summed E-state index contributed by atoms with van der Waals surface area (Å²) in [5, 5.41) is 11.6. The van der Waals surface area contributed by atoms with Gasteiger partial charge in [0.15, 0.2) is 0 Å². The molecular formula is C11H16N2O2S. The number of nitrogens with two attached hydrogens (primary N) is 1. The lowest BCUT2D eigenvalue weighted by atomic mass is 10.2. The summed E-state index contributed by atoms with van der Waals surface area (Å²) in [5.41, 5.74) is 6.88. The monoisotopic (exact) mass is 240 g/mol. The molecule has 1 aromatic carbocycles. The molecule has 88 valence electrons. The molecule has 0 aliphatic rings. The summed E-state index contributed by atoms with van der Waals surface area (Å²) in [6.45, 7) is 1.95. The number of benzene rings is 1. The van der Waals surface area contributed by atoms with E-state index < -0.39 is 0 Å². The lowest BCUT2D eigenvalue weighted by Gasteiger charge is -2.12. The Hall–Kier alpha value is -1.20. The van der Waals surface area contributed by atoms with Crippen LogP contribution in [0.25, 0.3) is 0 Å². The number of thioether (sulfide) groups is 1. The van der Waals surface area contributed by atoms with Crippen molar-refractivity contribution in [3.63, 3.8) is 0 Å². The van der Waals surface area contributed by atoms with E-state index in [1.165, 1.54) is 11.8 Å². The lowest BCUT2D eigenvalue weighted by molar-refractivity contribution is 0.0960. The number of aliphatic hydroxyl groups excluding tert-OH is 1. The molecular weight excluding hydrogens is 224 g/mol. The van der Waals surface area contributed by atoms with Gasteiger partial charge in [-0.15, -0.1) is 11.8 Å². The van der Waals surface area contributed by atoms with Crippen molar-refractivity contribution in [2.45, 2.75) is 17.1 Å². The van der Waals surface area contributed by atoms with E-state index in [1.807, 2.05) is 6.92 Å². The van der Waals surface area contributed by atoms with Gasteiger partial charge in [0.1, 0.15) is 0 Å². The number of aliphatic hydroxyl groups is 1. The highest BCUT2D eigenvalue weighted by Gasteiger charge is 2.13. The predicted molar refractivity (Wildman–Crippen MR) is 66.6 cm³/mol. The average Bonchev–Trinajstić information content (AvgIpc) is 2.28. The van der Waals surface area contributed by atoms with E-state index in [2.05, 4.69) is 5.32 Å². The van der Waals surface area contributed by atoms with Crippen molar-refractivity contribution in [3.8, 4) is 0 Å². The Bertz CT molecular complexity index is 382. The first-order valence-corrected chi connectivity index (χ1v) is 5.85. The third-order valence-corrected chi connectivity index (χ3v) is 3.21. The van der Waals surface area contributed by atoms with Gasteiger partial charge in [-0.1, -0.05) is 6.92 Å². The summed E-state index contributed by atoms with van der Waals surface area (Å²) in [5.74, 6) is -0.146. The standard InChI is InChI=1S/C11H16N2O2S/c1-7(6-14)16-10-5-8(12)3-4-9(10)11(15)13-2/h3-5,7,14H,6,12H2,1-2H3,(H,13,15). The second kappa shape index (κ2) is 5.77. The third-order valence-electron chi connectivity index (χ3n) is 2.06. The Morgan fingerprint density at radius 3 is 2.88 bits per heavy atom. The van der Waals surface area contributed by atoms with E-state index in [1.54, 1.807) is 25.2 Å². The van der Waals surface area contributed by atoms with Gasteiger partial charge in [0.25, 0.3) is 5.91 Å². The first-order chi connectivity index (χ1) is 7.58. The van der Waals surface area contributed by atoms with Crippen LogP contribution in [0, 0.1) is 0 Å². The van der Waals surface area contributed by atoms with E-state index in [0.717, 1.165) is 4.90 Å². The van der Waals surface area contributed by atoms with Crippen molar-refractivity contribution in [1.82, 2.24) is 5.32 Å². The zero-order valence-corrected chi connectivity index (χ0v) is 10.2. The van der Waals surface area contributed by atoms with E-state index in [4.69, 9.17) is 10.8 Å². The van der Waals surface area contributed by atoms with Gasteiger partial charge >= 0.3 is 0 Å². The molecule has 0 radical (unpaired) electrons. The van der Waals surface area contributed by atoms with Crippen LogP contribution in [0.4, 0.5) is 5.69 Å². The molecule has 16 heavy (non-hydrogen) atoms. The Kier molecular flexibility index (Phi) is 4.64. The Labute approximate surface area is 99.2 Å². The maximum absolute atomic E-state index is 11.6. The average molecular weight is 240 g/mol. The van der Waals surface area contributed by atoms with Crippen LogP contribution in [-0.2, 0) is 0 Å². The highest BCUT2D eigenvalue weighted by Crippen LogP contribution is 2.28. The fourth-order valence-corrected chi connectivity index (χ4v) is 2.21. The first-order valence-electron chi connectivity index (χ1n) is 4.97. The number of nitrogen functional groups attached to an aromatic ring is 1. The van der Waals surface area contributed by atoms with Crippen molar-refractivity contribution >= 4 is 23.4 Å². The fraction of sp³-hybridized carbons (Fsp3) is 0.364. The second-order valence-electron chi connectivity index (χ2n) is 3.45. The van der Waals surface area contributed by atoms with Crippen LogP contribution in [0.1, 0.15) is 17.3 Å². The maximum Gasteiger partial charge on any atom is 0.252 e. The molecule has 1 unspecified atom stereocenters. The molecule has 1 amide bonds. The Balaban J connectivity index is 3.03. The van der Waals surface area contributed by atoms with Gasteiger partial charge in [-0.2, -0.15) is 0 Å². The van der Waals surface area contributed by atoms with E-state index in [-0.39, 0.29) is 17.8 Å². The first kappa shape index (κ1) is 12.9. The smallest absolute Gasteiger partial charge is 0.252 e. The van der Waals surface area contributed by atoms with Crippen LogP contribution in [-0.4, -0.2) is 29.9 Å². The van der Waals surface area contributed by atoms with Gasteiger partial charge in [0.05, 0.1) is 12.2 Å². The quantitative estimate of drug-likeness (QED) is 0.544. The summed E-state index contributed by atoms with van der Waals surface area (Å²) in [6.07, 6.45) is 0. The molecule has 0 aliphatic heterocycles.